The van der Waals surface area contributed by atoms with Gasteiger partial charge in [0.1, 0.15) is 24.6 Å². The summed E-state index contributed by atoms with van der Waals surface area (Å²) in [6.45, 7) is 1.67. The minimum Gasteiger partial charge on any atom is -0.488 e. The second-order valence-electron chi connectivity index (χ2n) is 8.12. The lowest BCUT2D eigenvalue weighted by Gasteiger charge is -2.12. The molecule has 9 heteroatoms. The number of ether oxygens (including phenoxy) is 1. The van der Waals surface area contributed by atoms with E-state index in [4.69, 9.17) is 9.84 Å². The third-order valence-corrected chi connectivity index (χ3v) is 5.41. The fourth-order valence-electron chi connectivity index (χ4n) is 3.49. The lowest BCUT2D eigenvalue weighted by Crippen LogP contribution is -2.38. The number of hydrogen-bond acceptors (Lipinski definition) is 5. The first kappa shape index (κ1) is 24.2. The van der Waals surface area contributed by atoms with Crippen LogP contribution in [0.15, 0.2) is 78.5 Å². The number of amides is 4. The topological polar surface area (TPSA) is 125 Å². The summed E-state index contributed by atoms with van der Waals surface area (Å²) in [5.74, 6) is -1.67. The van der Waals surface area contributed by atoms with Crippen LogP contribution in [0, 0.1) is 6.92 Å². The Hall–Kier alpha value is -4.92. The molecule has 0 saturated carbocycles. The van der Waals surface area contributed by atoms with Crippen molar-refractivity contribution >= 4 is 35.6 Å². The molecule has 36 heavy (non-hydrogen) atoms. The Morgan fingerprint density at radius 1 is 1.00 bits per heavy atom. The number of rotatable bonds is 8. The van der Waals surface area contributed by atoms with Gasteiger partial charge in [0.05, 0.1) is 5.56 Å². The summed E-state index contributed by atoms with van der Waals surface area (Å²) in [5, 5.41) is 14.2. The second-order valence-corrected chi connectivity index (χ2v) is 8.12. The quantitative estimate of drug-likeness (QED) is 0.329. The van der Waals surface area contributed by atoms with E-state index in [0.717, 1.165) is 16.0 Å². The zero-order chi connectivity index (χ0) is 25.7. The number of carboxylic acids is 1. The number of nitrogens with zero attached hydrogens (tertiary/aromatic N) is 1. The Morgan fingerprint density at radius 2 is 1.69 bits per heavy atom. The van der Waals surface area contributed by atoms with E-state index in [-0.39, 0.29) is 17.9 Å². The monoisotopic (exact) mass is 485 g/mol. The summed E-state index contributed by atoms with van der Waals surface area (Å²) < 4.78 is 5.87. The van der Waals surface area contributed by atoms with Crippen LogP contribution in [0.2, 0.25) is 0 Å². The average Bonchev–Trinajstić information content (AvgIpc) is 3.12. The summed E-state index contributed by atoms with van der Waals surface area (Å²) in [5.41, 5.74) is 3.11. The first-order chi connectivity index (χ1) is 17.3. The summed E-state index contributed by atoms with van der Waals surface area (Å²) in [6, 6.07) is 19.7. The van der Waals surface area contributed by atoms with Crippen LogP contribution >= 0.6 is 0 Å². The molecule has 1 saturated heterocycles. The van der Waals surface area contributed by atoms with E-state index in [2.05, 4.69) is 10.6 Å². The van der Waals surface area contributed by atoms with Crippen molar-refractivity contribution in [3.63, 3.8) is 0 Å². The molecule has 0 aromatic heterocycles. The minimum absolute atomic E-state index is 0.0185. The first-order valence-corrected chi connectivity index (χ1v) is 11.1. The summed E-state index contributed by atoms with van der Waals surface area (Å²) in [4.78, 5) is 49.5. The highest BCUT2D eigenvalue weighted by atomic mass is 16.5. The van der Waals surface area contributed by atoms with Crippen molar-refractivity contribution in [1.82, 2.24) is 10.2 Å². The molecule has 0 aliphatic carbocycles. The normalized spacial score (nSPS) is 14.0. The second kappa shape index (κ2) is 10.6. The van der Waals surface area contributed by atoms with Gasteiger partial charge in [0.2, 0.25) is 5.91 Å². The standard InChI is InChI=1S/C27H23N3O6/c1-17-6-12-21(13-7-17)28-24(31)15-30-25(32)22(29-27(30)35)14-20-4-2-3-5-23(20)36-16-18-8-10-19(11-9-18)26(33)34/h2-14H,15-16H2,1H3,(H,28,31)(H,29,35)(H,33,34). The number of imide groups is 1. The van der Waals surface area contributed by atoms with Gasteiger partial charge in [0.15, 0.2) is 0 Å². The largest absolute Gasteiger partial charge is 0.488 e. The number of aromatic carboxylic acids is 1. The van der Waals surface area contributed by atoms with Gasteiger partial charge < -0.3 is 20.5 Å². The molecule has 0 unspecified atom stereocenters. The van der Waals surface area contributed by atoms with Gasteiger partial charge in [-0.15, -0.1) is 0 Å². The van der Waals surface area contributed by atoms with Crippen molar-refractivity contribution in [1.29, 1.82) is 0 Å². The summed E-state index contributed by atoms with van der Waals surface area (Å²) in [7, 11) is 0. The van der Waals surface area contributed by atoms with E-state index in [1.54, 1.807) is 48.5 Å². The lowest BCUT2D eigenvalue weighted by molar-refractivity contribution is -0.127. The van der Waals surface area contributed by atoms with Crippen molar-refractivity contribution in [3.05, 3.63) is 101 Å². The predicted octanol–water partition coefficient (Wildman–Crippen LogP) is 3.80. The van der Waals surface area contributed by atoms with Gasteiger partial charge in [-0.3, -0.25) is 9.59 Å². The molecule has 3 N–H and O–H groups in total. The number of carbonyl (C=O) groups is 4. The molecule has 0 atom stereocenters. The number of nitrogens with one attached hydrogen (secondary N) is 2. The van der Waals surface area contributed by atoms with Crippen molar-refractivity contribution < 1.29 is 29.0 Å². The SMILES string of the molecule is Cc1ccc(NC(=O)CN2C(=O)NC(=Cc3ccccc3OCc3ccc(C(=O)O)cc3)C2=O)cc1. The van der Waals surface area contributed by atoms with Crippen LogP contribution < -0.4 is 15.4 Å². The molecular weight excluding hydrogens is 462 g/mol. The van der Waals surface area contributed by atoms with Gasteiger partial charge in [0, 0.05) is 11.3 Å². The van der Waals surface area contributed by atoms with E-state index in [0.29, 0.717) is 17.0 Å². The molecular formula is C27H23N3O6. The molecule has 4 rings (SSSR count). The number of para-hydroxylation sites is 1. The zero-order valence-corrected chi connectivity index (χ0v) is 19.4. The molecule has 4 amide bonds. The highest BCUT2D eigenvalue weighted by Gasteiger charge is 2.35. The van der Waals surface area contributed by atoms with Gasteiger partial charge in [-0.25, -0.2) is 14.5 Å². The Kier molecular flexibility index (Phi) is 7.10. The first-order valence-electron chi connectivity index (χ1n) is 11.1. The predicted molar refractivity (Wildman–Crippen MR) is 132 cm³/mol. The van der Waals surface area contributed by atoms with Crippen LogP contribution in [0.5, 0.6) is 5.75 Å². The Bertz CT molecular complexity index is 1350. The number of benzene rings is 3. The fourth-order valence-corrected chi connectivity index (χ4v) is 3.49. The lowest BCUT2D eigenvalue weighted by atomic mass is 10.1. The maximum absolute atomic E-state index is 12.8. The molecule has 1 aliphatic heterocycles. The third kappa shape index (κ3) is 5.76. The van der Waals surface area contributed by atoms with E-state index in [1.807, 2.05) is 19.1 Å². The molecule has 0 radical (unpaired) electrons. The molecule has 1 heterocycles. The molecule has 3 aromatic rings. The van der Waals surface area contributed by atoms with Crippen molar-refractivity contribution in [2.24, 2.45) is 0 Å². The number of hydrogen-bond donors (Lipinski definition) is 3. The highest BCUT2D eigenvalue weighted by Crippen LogP contribution is 2.24. The third-order valence-electron chi connectivity index (χ3n) is 5.41. The average molecular weight is 485 g/mol. The van der Waals surface area contributed by atoms with Gasteiger partial charge in [-0.2, -0.15) is 0 Å². The molecule has 1 fully saturated rings. The molecule has 0 bridgehead atoms. The van der Waals surface area contributed by atoms with Crippen LogP contribution in [0.1, 0.15) is 27.0 Å². The molecule has 1 aliphatic rings. The van der Waals surface area contributed by atoms with Crippen molar-refractivity contribution in [3.8, 4) is 5.75 Å². The van der Waals surface area contributed by atoms with Gasteiger partial charge in [-0.05, 0) is 48.9 Å². The number of aryl methyl sites for hydroxylation is 1. The van der Waals surface area contributed by atoms with Crippen LogP contribution in [0.25, 0.3) is 6.08 Å². The van der Waals surface area contributed by atoms with E-state index >= 15 is 0 Å². The van der Waals surface area contributed by atoms with E-state index in [1.165, 1.54) is 18.2 Å². The number of carboxylic acid groups (broad SMARTS) is 1. The molecule has 182 valence electrons. The minimum atomic E-state index is -1.01. The fraction of sp³-hybridized carbons (Fsp3) is 0.111. The van der Waals surface area contributed by atoms with Crippen molar-refractivity contribution in [2.75, 3.05) is 11.9 Å². The Morgan fingerprint density at radius 3 is 2.39 bits per heavy atom. The number of urea groups is 1. The van der Waals surface area contributed by atoms with E-state index < -0.39 is 30.4 Å². The zero-order valence-electron chi connectivity index (χ0n) is 19.4. The van der Waals surface area contributed by atoms with Crippen molar-refractivity contribution in [2.45, 2.75) is 13.5 Å². The molecule has 3 aromatic carbocycles. The number of anilines is 1. The smallest absolute Gasteiger partial charge is 0.335 e. The van der Waals surface area contributed by atoms with Crippen LogP contribution in [0.4, 0.5) is 10.5 Å². The van der Waals surface area contributed by atoms with E-state index in [9.17, 15) is 19.2 Å². The van der Waals surface area contributed by atoms with Gasteiger partial charge >= 0.3 is 12.0 Å². The maximum atomic E-state index is 12.8. The summed E-state index contributed by atoms with van der Waals surface area (Å²) in [6.07, 6.45) is 1.49. The molecule has 9 nitrogen and oxygen atoms in total. The van der Waals surface area contributed by atoms with Crippen LogP contribution in [0.3, 0.4) is 0 Å². The van der Waals surface area contributed by atoms with Gasteiger partial charge in [0.25, 0.3) is 5.91 Å². The van der Waals surface area contributed by atoms with Crippen LogP contribution in [-0.4, -0.2) is 40.4 Å². The Balaban J connectivity index is 1.43. The van der Waals surface area contributed by atoms with Crippen LogP contribution in [-0.2, 0) is 16.2 Å². The maximum Gasteiger partial charge on any atom is 0.335 e. The van der Waals surface area contributed by atoms with Gasteiger partial charge in [-0.1, -0.05) is 48.0 Å². The highest BCUT2D eigenvalue weighted by molar-refractivity contribution is 6.16. The Labute approximate surface area is 207 Å². The summed E-state index contributed by atoms with van der Waals surface area (Å²) >= 11 is 0. The number of carbonyl (C=O) groups excluding carboxylic acids is 3. The molecule has 0 spiro atoms.